The largest absolute Gasteiger partial charge is 0.383 e. The van der Waals surface area contributed by atoms with E-state index in [1.807, 2.05) is 36.2 Å². The van der Waals surface area contributed by atoms with Gasteiger partial charge in [0.25, 0.3) is 0 Å². The number of amides is 2. The lowest BCUT2D eigenvalue weighted by Crippen LogP contribution is -2.20. The lowest BCUT2D eigenvalue weighted by Gasteiger charge is -2.20. The second-order valence-electron chi connectivity index (χ2n) is 7.81. The number of benzene rings is 2. The minimum atomic E-state index is -0.520. The van der Waals surface area contributed by atoms with Gasteiger partial charge in [-0.05, 0) is 48.4 Å². The zero-order valence-electron chi connectivity index (χ0n) is 18.2. The molecule has 0 saturated heterocycles. The van der Waals surface area contributed by atoms with E-state index in [1.165, 1.54) is 6.07 Å². The Morgan fingerprint density at radius 1 is 1.18 bits per heavy atom. The summed E-state index contributed by atoms with van der Waals surface area (Å²) < 4.78 is 14.9. The molecule has 0 spiro atoms. The first-order valence-corrected chi connectivity index (χ1v) is 11.4. The number of nitrogens with one attached hydrogen (secondary N) is 2. The number of halogens is 1. The first-order valence-electron chi connectivity index (χ1n) is 10.5. The molecule has 0 fully saturated rings. The van der Waals surface area contributed by atoms with Crippen molar-refractivity contribution in [2.75, 3.05) is 27.9 Å². The molecule has 2 aromatic carbocycles. The maximum atomic E-state index is 13.9. The Bertz CT molecular complexity index is 1440. The minimum absolute atomic E-state index is 0.131. The third-order valence-electron chi connectivity index (χ3n) is 5.43. The summed E-state index contributed by atoms with van der Waals surface area (Å²) in [5, 5.41) is 8.22. The van der Waals surface area contributed by atoms with Gasteiger partial charge in [-0.25, -0.2) is 14.2 Å². The molecule has 0 radical (unpaired) electrons. The number of aliphatic imine (C=N–C) groups is 1. The van der Waals surface area contributed by atoms with E-state index in [4.69, 9.17) is 5.73 Å². The summed E-state index contributed by atoms with van der Waals surface area (Å²) in [5.74, 6) is -0.0286. The topological polar surface area (TPSA) is 95.6 Å². The molecule has 4 aromatic rings. The molecule has 0 unspecified atom stereocenters. The highest BCUT2D eigenvalue weighted by Gasteiger charge is 2.17. The first-order chi connectivity index (χ1) is 16.5. The van der Waals surface area contributed by atoms with Crippen molar-refractivity contribution in [2.24, 2.45) is 4.99 Å². The number of anilines is 4. The van der Waals surface area contributed by atoms with Gasteiger partial charge in [0.15, 0.2) is 0 Å². The molecule has 2 amide bonds. The van der Waals surface area contributed by atoms with Crippen molar-refractivity contribution in [3.8, 4) is 11.1 Å². The highest BCUT2D eigenvalue weighted by molar-refractivity contribution is 7.18. The number of nitrogens with two attached hydrogens (primary N) is 1. The number of hydrogen-bond donors (Lipinski definition) is 3. The number of urea groups is 1. The second kappa shape index (κ2) is 8.95. The molecule has 5 rings (SSSR count). The van der Waals surface area contributed by atoms with Gasteiger partial charge < -0.3 is 21.3 Å². The third kappa shape index (κ3) is 4.20. The molecule has 3 heterocycles. The van der Waals surface area contributed by atoms with E-state index < -0.39 is 11.8 Å². The Morgan fingerprint density at radius 2 is 2.00 bits per heavy atom. The van der Waals surface area contributed by atoms with Crippen LogP contribution in [-0.2, 0) is 0 Å². The Hall–Kier alpha value is -4.24. The van der Waals surface area contributed by atoms with Gasteiger partial charge in [0.1, 0.15) is 18.3 Å². The Morgan fingerprint density at radius 3 is 2.76 bits per heavy atom. The summed E-state index contributed by atoms with van der Waals surface area (Å²) in [7, 11) is 0. The maximum Gasteiger partial charge on any atom is 0.323 e. The van der Waals surface area contributed by atoms with Gasteiger partial charge in [0, 0.05) is 34.4 Å². The van der Waals surface area contributed by atoms with E-state index >= 15 is 0 Å². The predicted octanol–water partition coefficient (Wildman–Crippen LogP) is 6.00. The number of rotatable bonds is 4. The molecule has 1 aliphatic rings. The number of thiophene rings is 1. The molecule has 1 aliphatic heterocycles. The molecule has 7 nitrogen and oxygen atoms in total. The number of allylic oxidation sites excluding steroid dienone is 1. The normalized spacial score (nSPS) is 12.8. The zero-order valence-corrected chi connectivity index (χ0v) is 19.1. The average Bonchev–Trinajstić information content (AvgIpc) is 3.29. The number of carbonyl (C=O) groups is 1. The van der Waals surface area contributed by atoms with Crippen molar-refractivity contribution in [3.63, 3.8) is 0 Å². The van der Waals surface area contributed by atoms with Crippen LogP contribution in [0.1, 0.15) is 5.56 Å². The van der Waals surface area contributed by atoms with Gasteiger partial charge in [0.05, 0.1) is 22.3 Å². The number of nitrogens with zero attached hydrogens (tertiary/aromatic N) is 3. The molecule has 0 aliphatic carbocycles. The number of pyridine rings is 1. The standard InChI is InChI=1S/C25H21FN6OS/c1-15-3-8-19(26)20(11-15)31-25(33)30-17-6-4-16(5-7-17)18-13-34-23-21(12-29-24(27)22(18)23)32-10-2-9-28-14-32/h2-13H,14H2,1H3,(H2,27,29)(H2,30,31,33). The van der Waals surface area contributed by atoms with Crippen LogP contribution in [0.25, 0.3) is 21.2 Å². The summed E-state index contributed by atoms with van der Waals surface area (Å²) in [6, 6.07) is 11.4. The van der Waals surface area contributed by atoms with Gasteiger partial charge in [-0.2, -0.15) is 0 Å². The van der Waals surface area contributed by atoms with Gasteiger partial charge in [-0.3, -0.25) is 4.99 Å². The van der Waals surface area contributed by atoms with E-state index in [0.29, 0.717) is 18.2 Å². The number of nitrogen functional groups attached to an aromatic ring is 1. The maximum absolute atomic E-state index is 13.9. The summed E-state index contributed by atoms with van der Waals surface area (Å²) in [4.78, 5) is 23.1. The number of hydrogen-bond acceptors (Lipinski definition) is 6. The number of fused-ring (bicyclic) bond motifs is 1. The Kier molecular flexibility index (Phi) is 5.69. The van der Waals surface area contributed by atoms with Crippen LogP contribution >= 0.6 is 11.3 Å². The van der Waals surface area contributed by atoms with Crippen molar-refractivity contribution in [3.05, 3.63) is 77.7 Å². The van der Waals surface area contributed by atoms with Crippen LogP contribution in [0.5, 0.6) is 0 Å². The molecular weight excluding hydrogens is 451 g/mol. The van der Waals surface area contributed by atoms with E-state index in [2.05, 4.69) is 26.0 Å². The number of aryl methyl sites for hydroxylation is 1. The highest BCUT2D eigenvalue weighted by Crippen LogP contribution is 2.42. The smallest absolute Gasteiger partial charge is 0.323 e. The van der Waals surface area contributed by atoms with E-state index in [1.54, 1.807) is 48.0 Å². The Labute approximate surface area is 199 Å². The van der Waals surface area contributed by atoms with Crippen LogP contribution in [0.15, 0.2) is 71.3 Å². The molecule has 2 aromatic heterocycles. The predicted molar refractivity (Wildman–Crippen MR) is 138 cm³/mol. The van der Waals surface area contributed by atoms with Crippen molar-refractivity contribution in [2.45, 2.75) is 6.92 Å². The fraction of sp³-hybridized carbons (Fsp3) is 0.0800. The van der Waals surface area contributed by atoms with Gasteiger partial charge in [-0.15, -0.1) is 11.3 Å². The fourth-order valence-electron chi connectivity index (χ4n) is 3.77. The van der Waals surface area contributed by atoms with Crippen molar-refractivity contribution < 1.29 is 9.18 Å². The SMILES string of the molecule is Cc1ccc(F)c(NC(=O)Nc2ccc(-c3csc4c(N5C=CC=NC5)cnc(N)c34)cc2)c1. The molecule has 4 N–H and O–H groups in total. The minimum Gasteiger partial charge on any atom is -0.383 e. The van der Waals surface area contributed by atoms with Gasteiger partial charge in [-0.1, -0.05) is 18.2 Å². The van der Waals surface area contributed by atoms with Crippen molar-refractivity contribution in [1.29, 1.82) is 0 Å². The van der Waals surface area contributed by atoms with E-state index in [-0.39, 0.29) is 5.69 Å². The van der Waals surface area contributed by atoms with Crippen LogP contribution in [-0.4, -0.2) is 23.9 Å². The van der Waals surface area contributed by atoms with Crippen LogP contribution in [0.2, 0.25) is 0 Å². The lowest BCUT2D eigenvalue weighted by atomic mass is 10.0. The number of aromatic nitrogens is 1. The molecule has 0 saturated carbocycles. The summed E-state index contributed by atoms with van der Waals surface area (Å²) in [6.07, 6.45) is 7.39. The first kappa shape index (κ1) is 21.6. The molecule has 9 heteroatoms. The van der Waals surface area contributed by atoms with Crippen molar-refractivity contribution >= 4 is 56.5 Å². The summed E-state index contributed by atoms with van der Waals surface area (Å²) in [6.45, 7) is 2.36. The molecular formula is C25H21FN6OS. The molecule has 0 bridgehead atoms. The van der Waals surface area contributed by atoms with Crippen LogP contribution in [0.4, 0.5) is 32.1 Å². The Balaban J connectivity index is 1.37. The monoisotopic (exact) mass is 472 g/mol. The summed E-state index contributed by atoms with van der Waals surface area (Å²) in [5.41, 5.74) is 10.7. The highest BCUT2D eigenvalue weighted by atomic mass is 32.1. The second-order valence-corrected chi connectivity index (χ2v) is 8.69. The average molecular weight is 473 g/mol. The molecule has 0 atom stereocenters. The van der Waals surface area contributed by atoms with E-state index in [0.717, 1.165) is 32.5 Å². The lowest BCUT2D eigenvalue weighted by molar-refractivity contribution is 0.262. The van der Waals surface area contributed by atoms with Crippen molar-refractivity contribution in [1.82, 2.24) is 4.98 Å². The summed E-state index contributed by atoms with van der Waals surface area (Å²) >= 11 is 1.60. The van der Waals surface area contributed by atoms with Gasteiger partial charge >= 0.3 is 6.03 Å². The molecule has 34 heavy (non-hydrogen) atoms. The third-order valence-corrected chi connectivity index (χ3v) is 6.43. The number of carbonyl (C=O) groups excluding carboxylic acids is 1. The van der Waals surface area contributed by atoms with Crippen LogP contribution in [0, 0.1) is 12.7 Å². The molecule has 170 valence electrons. The fourth-order valence-corrected chi connectivity index (χ4v) is 4.88. The van der Waals surface area contributed by atoms with Crippen LogP contribution in [0.3, 0.4) is 0 Å². The van der Waals surface area contributed by atoms with Crippen LogP contribution < -0.4 is 21.3 Å². The van der Waals surface area contributed by atoms with Gasteiger partial charge in [0.2, 0.25) is 0 Å². The van der Waals surface area contributed by atoms with E-state index in [9.17, 15) is 9.18 Å². The zero-order chi connectivity index (χ0) is 23.7. The quantitative estimate of drug-likeness (QED) is 0.339.